The molecule has 1 unspecified atom stereocenters. The molecule has 0 aromatic heterocycles. The molecular formula is C12H15F3N2. The Labute approximate surface area is 98.2 Å². The van der Waals surface area contributed by atoms with Crippen LogP contribution in [0.1, 0.15) is 19.3 Å². The van der Waals surface area contributed by atoms with Crippen LogP contribution in [0, 0.1) is 0 Å². The van der Waals surface area contributed by atoms with E-state index < -0.39 is 12.2 Å². The van der Waals surface area contributed by atoms with E-state index in [1.165, 1.54) is 4.90 Å². The van der Waals surface area contributed by atoms with Crippen molar-refractivity contribution in [3.8, 4) is 0 Å². The van der Waals surface area contributed by atoms with Gasteiger partial charge >= 0.3 is 6.18 Å². The summed E-state index contributed by atoms with van der Waals surface area (Å²) in [6.07, 6.45) is -2.55. The second-order valence-electron chi connectivity index (χ2n) is 4.34. The number of nitrogens with zero attached hydrogens (tertiary/aromatic N) is 1. The molecule has 0 amide bonds. The Morgan fingerprint density at radius 3 is 2.35 bits per heavy atom. The summed E-state index contributed by atoms with van der Waals surface area (Å²) in [7, 11) is 0. The summed E-state index contributed by atoms with van der Waals surface area (Å²) >= 11 is 0. The third kappa shape index (κ3) is 2.65. The van der Waals surface area contributed by atoms with Crippen molar-refractivity contribution >= 4 is 11.4 Å². The third-order valence-corrected chi connectivity index (χ3v) is 3.11. The maximum atomic E-state index is 12.9. The molecule has 0 saturated carbocycles. The maximum absolute atomic E-state index is 12.9. The first-order chi connectivity index (χ1) is 7.98. The molecule has 1 heterocycles. The maximum Gasteiger partial charge on any atom is 0.408 e. The molecule has 2 nitrogen and oxygen atoms in total. The minimum absolute atomic E-state index is 0.174. The van der Waals surface area contributed by atoms with E-state index >= 15 is 0 Å². The zero-order chi connectivity index (χ0) is 12.5. The number of hydrogen-bond donors (Lipinski definition) is 1. The van der Waals surface area contributed by atoms with Crippen molar-refractivity contribution in [2.45, 2.75) is 31.5 Å². The van der Waals surface area contributed by atoms with Gasteiger partial charge in [-0.05, 0) is 43.5 Å². The SMILES string of the molecule is Nc1ccc(N2CCCCC2C(F)(F)F)cc1. The highest BCUT2D eigenvalue weighted by Crippen LogP contribution is 2.35. The number of anilines is 2. The molecule has 1 fully saturated rings. The Bertz CT molecular complexity index is 372. The Morgan fingerprint density at radius 2 is 1.76 bits per heavy atom. The molecule has 1 atom stereocenters. The fraction of sp³-hybridized carbons (Fsp3) is 0.500. The Morgan fingerprint density at radius 1 is 1.12 bits per heavy atom. The number of nitrogens with two attached hydrogens (primary N) is 1. The highest BCUT2D eigenvalue weighted by molar-refractivity contribution is 5.54. The van der Waals surface area contributed by atoms with E-state index in [-0.39, 0.29) is 6.42 Å². The molecule has 1 aromatic rings. The lowest BCUT2D eigenvalue weighted by molar-refractivity contribution is -0.152. The van der Waals surface area contributed by atoms with Gasteiger partial charge in [0, 0.05) is 17.9 Å². The number of alkyl halides is 3. The average molecular weight is 244 g/mol. The molecule has 2 N–H and O–H groups in total. The van der Waals surface area contributed by atoms with Gasteiger partial charge in [0.15, 0.2) is 0 Å². The van der Waals surface area contributed by atoms with Gasteiger partial charge in [0.05, 0.1) is 0 Å². The zero-order valence-electron chi connectivity index (χ0n) is 9.37. The van der Waals surface area contributed by atoms with Crippen LogP contribution >= 0.6 is 0 Å². The normalized spacial score (nSPS) is 21.6. The zero-order valence-corrected chi connectivity index (χ0v) is 9.37. The van der Waals surface area contributed by atoms with Gasteiger partial charge < -0.3 is 10.6 Å². The summed E-state index contributed by atoms with van der Waals surface area (Å²) in [5.41, 5.74) is 6.70. The van der Waals surface area contributed by atoms with Gasteiger partial charge in [-0.25, -0.2) is 0 Å². The molecule has 0 aliphatic carbocycles. The van der Waals surface area contributed by atoms with E-state index in [9.17, 15) is 13.2 Å². The number of nitrogen functional groups attached to an aromatic ring is 1. The smallest absolute Gasteiger partial charge is 0.399 e. The van der Waals surface area contributed by atoms with Gasteiger partial charge in [0.25, 0.3) is 0 Å². The van der Waals surface area contributed by atoms with E-state index in [1.54, 1.807) is 24.3 Å². The highest BCUT2D eigenvalue weighted by atomic mass is 19.4. The van der Waals surface area contributed by atoms with Crippen LogP contribution in [0.2, 0.25) is 0 Å². The van der Waals surface area contributed by atoms with Crippen molar-refractivity contribution in [2.75, 3.05) is 17.2 Å². The summed E-state index contributed by atoms with van der Waals surface area (Å²) in [4.78, 5) is 1.43. The van der Waals surface area contributed by atoms with Crippen LogP contribution in [0.4, 0.5) is 24.5 Å². The van der Waals surface area contributed by atoms with Crippen molar-refractivity contribution < 1.29 is 13.2 Å². The van der Waals surface area contributed by atoms with Crippen molar-refractivity contribution in [1.82, 2.24) is 0 Å². The molecular weight excluding hydrogens is 229 g/mol. The Kier molecular flexibility index (Phi) is 3.17. The van der Waals surface area contributed by atoms with Gasteiger partial charge in [-0.2, -0.15) is 13.2 Å². The highest BCUT2D eigenvalue weighted by Gasteiger charge is 2.44. The van der Waals surface area contributed by atoms with Gasteiger partial charge in [-0.3, -0.25) is 0 Å². The summed E-state index contributed by atoms with van der Waals surface area (Å²) in [6.45, 7) is 0.452. The van der Waals surface area contributed by atoms with Crippen LogP contribution in [0.15, 0.2) is 24.3 Å². The predicted molar refractivity (Wildman–Crippen MR) is 61.9 cm³/mol. The van der Waals surface area contributed by atoms with Gasteiger partial charge in [-0.1, -0.05) is 0 Å². The summed E-state index contributed by atoms with van der Waals surface area (Å²) in [5, 5.41) is 0. The molecule has 5 heteroatoms. The molecule has 1 saturated heterocycles. The molecule has 0 bridgehead atoms. The van der Waals surface area contributed by atoms with E-state index in [0.717, 1.165) is 6.42 Å². The lowest BCUT2D eigenvalue weighted by atomic mass is 10.0. The van der Waals surface area contributed by atoms with Crippen molar-refractivity contribution in [2.24, 2.45) is 0 Å². The van der Waals surface area contributed by atoms with Crippen LogP contribution in [0.25, 0.3) is 0 Å². The van der Waals surface area contributed by atoms with E-state index in [2.05, 4.69) is 0 Å². The van der Waals surface area contributed by atoms with Crippen molar-refractivity contribution in [3.63, 3.8) is 0 Å². The monoisotopic (exact) mass is 244 g/mol. The van der Waals surface area contributed by atoms with Crippen LogP contribution in [0.5, 0.6) is 0 Å². The molecule has 2 rings (SSSR count). The minimum Gasteiger partial charge on any atom is -0.399 e. The first kappa shape index (κ1) is 12.1. The lowest BCUT2D eigenvalue weighted by Crippen LogP contribution is -2.48. The minimum atomic E-state index is -4.16. The predicted octanol–water partition coefficient (Wildman–Crippen LogP) is 3.19. The lowest BCUT2D eigenvalue weighted by Gasteiger charge is -2.38. The Hall–Kier alpha value is -1.39. The number of rotatable bonds is 1. The fourth-order valence-corrected chi connectivity index (χ4v) is 2.25. The molecule has 1 aliphatic rings. The average Bonchev–Trinajstić information content (AvgIpc) is 2.29. The number of hydrogen-bond acceptors (Lipinski definition) is 2. The second-order valence-corrected chi connectivity index (χ2v) is 4.34. The topological polar surface area (TPSA) is 29.3 Å². The molecule has 94 valence electrons. The molecule has 1 aliphatic heterocycles. The van der Waals surface area contributed by atoms with Crippen molar-refractivity contribution in [3.05, 3.63) is 24.3 Å². The summed E-state index contributed by atoms with van der Waals surface area (Å²) in [5.74, 6) is 0. The van der Waals surface area contributed by atoms with Crippen LogP contribution in [-0.4, -0.2) is 18.8 Å². The molecule has 1 aromatic carbocycles. The molecule has 0 radical (unpaired) electrons. The van der Waals surface area contributed by atoms with E-state index in [4.69, 9.17) is 5.73 Å². The Balaban J connectivity index is 2.25. The van der Waals surface area contributed by atoms with Crippen LogP contribution < -0.4 is 10.6 Å². The second kappa shape index (κ2) is 4.47. The largest absolute Gasteiger partial charge is 0.408 e. The number of halogens is 3. The van der Waals surface area contributed by atoms with E-state index in [1.807, 2.05) is 0 Å². The first-order valence-electron chi connectivity index (χ1n) is 5.67. The summed E-state index contributed by atoms with van der Waals surface area (Å²) < 4.78 is 38.7. The van der Waals surface area contributed by atoms with Gasteiger partial charge in [0.1, 0.15) is 6.04 Å². The molecule has 0 spiro atoms. The van der Waals surface area contributed by atoms with Gasteiger partial charge in [0.2, 0.25) is 0 Å². The van der Waals surface area contributed by atoms with Crippen LogP contribution in [-0.2, 0) is 0 Å². The first-order valence-corrected chi connectivity index (χ1v) is 5.67. The third-order valence-electron chi connectivity index (χ3n) is 3.11. The quantitative estimate of drug-likeness (QED) is 0.769. The van der Waals surface area contributed by atoms with Crippen LogP contribution in [0.3, 0.4) is 0 Å². The van der Waals surface area contributed by atoms with Gasteiger partial charge in [-0.15, -0.1) is 0 Å². The molecule has 17 heavy (non-hydrogen) atoms. The number of benzene rings is 1. The summed E-state index contributed by atoms with van der Waals surface area (Å²) in [6, 6.07) is 5.22. The van der Waals surface area contributed by atoms with E-state index in [0.29, 0.717) is 24.3 Å². The van der Waals surface area contributed by atoms with Crippen molar-refractivity contribution in [1.29, 1.82) is 0 Å². The fourth-order valence-electron chi connectivity index (χ4n) is 2.25. The number of piperidine rings is 1. The standard InChI is InChI=1S/C12H15F3N2/c13-12(14,15)11-3-1-2-8-17(11)10-6-4-9(16)5-7-10/h4-7,11H,1-3,8,16H2.